The van der Waals surface area contributed by atoms with Gasteiger partial charge in [-0.25, -0.2) is 4.98 Å². The van der Waals surface area contributed by atoms with E-state index >= 15 is 0 Å². The molecule has 1 heterocycles. The van der Waals surface area contributed by atoms with Crippen LogP contribution in [0.1, 0.15) is 17.8 Å². The summed E-state index contributed by atoms with van der Waals surface area (Å²) in [5, 5.41) is 9.59. The van der Waals surface area contributed by atoms with Gasteiger partial charge in [0.25, 0.3) is 0 Å². The van der Waals surface area contributed by atoms with Crippen LogP contribution in [0, 0.1) is 6.92 Å². The van der Waals surface area contributed by atoms with Crippen LogP contribution in [0.25, 0.3) is 0 Å². The third kappa shape index (κ3) is 2.60. The number of hydrogen-bond donors (Lipinski definition) is 2. The fourth-order valence-corrected chi connectivity index (χ4v) is 2.04. The Morgan fingerprint density at radius 2 is 2.06 bits per heavy atom. The molecule has 18 heavy (non-hydrogen) atoms. The van der Waals surface area contributed by atoms with Gasteiger partial charge in [0, 0.05) is 18.9 Å². The third-order valence-electron chi connectivity index (χ3n) is 3.35. The number of nitrogens with two attached hydrogens (primary N) is 1. The summed E-state index contributed by atoms with van der Waals surface area (Å²) in [6.45, 7) is 2.64. The van der Waals surface area contributed by atoms with Gasteiger partial charge in [0.2, 0.25) is 0 Å². The smallest absolute Gasteiger partial charge is 0.105 e. The lowest BCUT2D eigenvalue weighted by molar-refractivity contribution is 0.182. The lowest BCUT2D eigenvalue weighted by Gasteiger charge is -2.28. The molecular formula is C14H19N3O. The molecule has 1 atom stereocenters. The van der Waals surface area contributed by atoms with Crippen LogP contribution in [-0.4, -0.2) is 21.3 Å². The van der Waals surface area contributed by atoms with Crippen molar-refractivity contribution < 1.29 is 5.11 Å². The largest absolute Gasteiger partial charge is 0.394 e. The van der Waals surface area contributed by atoms with E-state index in [9.17, 15) is 5.11 Å². The Bertz CT molecular complexity index is 495. The minimum atomic E-state index is -0.696. The van der Waals surface area contributed by atoms with Crippen molar-refractivity contribution in [1.29, 1.82) is 0 Å². The summed E-state index contributed by atoms with van der Waals surface area (Å²) in [5.74, 6) is 0.961. The normalized spacial score (nSPS) is 14.4. The first kappa shape index (κ1) is 12.8. The van der Waals surface area contributed by atoms with E-state index in [1.807, 2.05) is 48.0 Å². The van der Waals surface area contributed by atoms with E-state index in [-0.39, 0.29) is 6.61 Å². The van der Waals surface area contributed by atoms with Gasteiger partial charge in [-0.15, -0.1) is 0 Å². The van der Waals surface area contributed by atoms with Gasteiger partial charge >= 0.3 is 0 Å². The molecule has 0 bridgehead atoms. The Hall–Kier alpha value is -1.65. The predicted octanol–water partition coefficient (Wildman–Crippen LogP) is 1.43. The van der Waals surface area contributed by atoms with Gasteiger partial charge in [0.15, 0.2) is 0 Å². The Kier molecular flexibility index (Phi) is 3.79. The lowest BCUT2D eigenvalue weighted by atomic mass is 9.88. The maximum atomic E-state index is 9.59. The monoisotopic (exact) mass is 245 g/mol. The molecule has 1 aromatic carbocycles. The standard InChI is InChI=1S/C14H19N3O/c1-12-16-8-10-17(12)9-7-14(15,11-18)13-5-3-2-4-6-13/h2-6,8,10,18H,7,9,11,15H2,1H3. The van der Waals surface area contributed by atoms with E-state index in [0.29, 0.717) is 6.42 Å². The predicted molar refractivity (Wildman–Crippen MR) is 71.0 cm³/mol. The zero-order chi connectivity index (χ0) is 13.0. The van der Waals surface area contributed by atoms with Crippen LogP contribution in [0.3, 0.4) is 0 Å². The zero-order valence-corrected chi connectivity index (χ0v) is 10.6. The first-order chi connectivity index (χ1) is 8.65. The van der Waals surface area contributed by atoms with Crippen molar-refractivity contribution in [3.05, 3.63) is 54.1 Å². The molecular weight excluding hydrogens is 226 g/mol. The minimum absolute atomic E-state index is 0.0647. The molecule has 0 radical (unpaired) electrons. The van der Waals surface area contributed by atoms with Gasteiger partial charge in [0.1, 0.15) is 5.82 Å². The second kappa shape index (κ2) is 5.33. The van der Waals surface area contributed by atoms with E-state index in [4.69, 9.17) is 5.73 Å². The number of imidazole rings is 1. The number of benzene rings is 1. The molecule has 1 aromatic heterocycles. The first-order valence-electron chi connectivity index (χ1n) is 6.09. The van der Waals surface area contributed by atoms with Gasteiger partial charge in [-0.05, 0) is 18.9 Å². The summed E-state index contributed by atoms with van der Waals surface area (Å²) in [7, 11) is 0. The molecule has 0 saturated carbocycles. The second-order valence-corrected chi connectivity index (χ2v) is 4.60. The van der Waals surface area contributed by atoms with Crippen molar-refractivity contribution in [2.45, 2.75) is 25.4 Å². The van der Waals surface area contributed by atoms with E-state index in [2.05, 4.69) is 4.98 Å². The highest BCUT2D eigenvalue weighted by Crippen LogP contribution is 2.22. The van der Waals surface area contributed by atoms with Crippen molar-refractivity contribution in [2.75, 3.05) is 6.61 Å². The Morgan fingerprint density at radius 1 is 1.33 bits per heavy atom. The number of hydrogen-bond acceptors (Lipinski definition) is 3. The van der Waals surface area contributed by atoms with Crippen LogP contribution in [0.5, 0.6) is 0 Å². The number of aliphatic hydroxyl groups excluding tert-OH is 1. The molecule has 2 rings (SSSR count). The Balaban J connectivity index is 2.12. The zero-order valence-electron chi connectivity index (χ0n) is 10.6. The second-order valence-electron chi connectivity index (χ2n) is 4.60. The van der Waals surface area contributed by atoms with E-state index < -0.39 is 5.54 Å². The topological polar surface area (TPSA) is 64.1 Å². The third-order valence-corrected chi connectivity index (χ3v) is 3.35. The minimum Gasteiger partial charge on any atom is -0.394 e. The van der Waals surface area contributed by atoms with Crippen LogP contribution >= 0.6 is 0 Å². The summed E-state index contributed by atoms with van der Waals surface area (Å²) >= 11 is 0. The van der Waals surface area contributed by atoms with Gasteiger partial charge in [-0.1, -0.05) is 30.3 Å². The molecule has 2 aromatic rings. The molecule has 0 aliphatic carbocycles. The highest BCUT2D eigenvalue weighted by molar-refractivity contribution is 5.23. The van der Waals surface area contributed by atoms with Gasteiger partial charge in [-0.3, -0.25) is 0 Å². The number of aliphatic hydroxyl groups is 1. The highest BCUT2D eigenvalue weighted by atomic mass is 16.3. The maximum Gasteiger partial charge on any atom is 0.105 e. The molecule has 0 saturated heterocycles. The van der Waals surface area contributed by atoms with Crippen molar-refractivity contribution in [1.82, 2.24) is 9.55 Å². The Morgan fingerprint density at radius 3 is 2.61 bits per heavy atom. The van der Waals surface area contributed by atoms with Crippen LogP contribution in [0.15, 0.2) is 42.7 Å². The van der Waals surface area contributed by atoms with Crippen molar-refractivity contribution in [3.8, 4) is 0 Å². The molecule has 4 nitrogen and oxygen atoms in total. The van der Waals surface area contributed by atoms with E-state index in [1.165, 1.54) is 0 Å². The van der Waals surface area contributed by atoms with E-state index in [1.54, 1.807) is 6.20 Å². The summed E-state index contributed by atoms with van der Waals surface area (Å²) in [5.41, 5.74) is 6.57. The molecule has 96 valence electrons. The van der Waals surface area contributed by atoms with Crippen LogP contribution in [0.4, 0.5) is 0 Å². The lowest BCUT2D eigenvalue weighted by Crippen LogP contribution is -2.41. The first-order valence-corrected chi connectivity index (χ1v) is 6.09. The number of aromatic nitrogens is 2. The van der Waals surface area contributed by atoms with Crippen molar-refractivity contribution in [3.63, 3.8) is 0 Å². The van der Waals surface area contributed by atoms with Crippen molar-refractivity contribution >= 4 is 0 Å². The number of nitrogens with zero attached hydrogens (tertiary/aromatic N) is 2. The van der Waals surface area contributed by atoms with E-state index in [0.717, 1.165) is 17.9 Å². The average molecular weight is 245 g/mol. The molecule has 0 aliphatic heterocycles. The Labute approximate surface area is 107 Å². The van der Waals surface area contributed by atoms with Crippen molar-refractivity contribution in [2.24, 2.45) is 5.73 Å². The molecule has 0 spiro atoms. The van der Waals surface area contributed by atoms with Gasteiger partial charge in [0.05, 0.1) is 12.1 Å². The fraction of sp³-hybridized carbons (Fsp3) is 0.357. The molecule has 0 amide bonds. The summed E-state index contributed by atoms with van der Waals surface area (Å²) < 4.78 is 2.04. The molecule has 4 heteroatoms. The fourth-order valence-electron chi connectivity index (χ4n) is 2.04. The molecule has 0 aliphatic rings. The molecule has 1 unspecified atom stereocenters. The number of aryl methyl sites for hydroxylation is 2. The SMILES string of the molecule is Cc1nccn1CCC(N)(CO)c1ccccc1. The molecule has 0 fully saturated rings. The summed E-state index contributed by atoms with van der Waals surface area (Å²) in [6.07, 6.45) is 4.37. The van der Waals surface area contributed by atoms with Crippen LogP contribution < -0.4 is 5.73 Å². The summed E-state index contributed by atoms with van der Waals surface area (Å²) in [6, 6.07) is 9.74. The number of rotatable bonds is 5. The maximum absolute atomic E-state index is 9.59. The van der Waals surface area contributed by atoms with Crippen LogP contribution in [-0.2, 0) is 12.1 Å². The van der Waals surface area contributed by atoms with Gasteiger partial charge < -0.3 is 15.4 Å². The summed E-state index contributed by atoms with van der Waals surface area (Å²) in [4.78, 5) is 4.18. The quantitative estimate of drug-likeness (QED) is 0.837. The van der Waals surface area contributed by atoms with Crippen LogP contribution in [0.2, 0.25) is 0 Å². The average Bonchev–Trinajstić information content (AvgIpc) is 2.83. The van der Waals surface area contributed by atoms with Gasteiger partial charge in [-0.2, -0.15) is 0 Å². The highest BCUT2D eigenvalue weighted by Gasteiger charge is 2.26. The molecule has 3 N–H and O–H groups in total.